The monoisotopic (exact) mass is 355 g/mol. The standard InChI is InChI=1S/C17H29N3O3S/c1-2-3-10-19-16(23)17(8-6-4-5-7-9-17)20-13(15(18)22)11-24-12-14(20)21/h13H,2-12H2,1H3,(H2,18,22)(H,19,23). The predicted molar refractivity (Wildman–Crippen MR) is 95.5 cm³/mol. The van der Waals surface area contributed by atoms with Gasteiger partial charge >= 0.3 is 0 Å². The van der Waals surface area contributed by atoms with Gasteiger partial charge in [0.2, 0.25) is 17.7 Å². The van der Waals surface area contributed by atoms with Gasteiger partial charge in [0.15, 0.2) is 0 Å². The summed E-state index contributed by atoms with van der Waals surface area (Å²) in [5.41, 5.74) is 4.65. The second-order valence-corrected chi connectivity index (χ2v) is 7.78. The third-order valence-electron chi connectivity index (χ3n) is 5.04. The van der Waals surface area contributed by atoms with Gasteiger partial charge in [0, 0.05) is 12.3 Å². The van der Waals surface area contributed by atoms with Crippen molar-refractivity contribution in [1.29, 1.82) is 0 Å². The molecule has 6 nitrogen and oxygen atoms in total. The number of rotatable bonds is 6. The van der Waals surface area contributed by atoms with Crippen LogP contribution in [0.4, 0.5) is 0 Å². The Balaban J connectivity index is 2.33. The summed E-state index contributed by atoms with van der Waals surface area (Å²) in [7, 11) is 0. The second-order valence-electron chi connectivity index (χ2n) is 6.75. The summed E-state index contributed by atoms with van der Waals surface area (Å²) in [6.45, 7) is 2.68. The fourth-order valence-corrected chi connectivity index (χ4v) is 4.72. The number of hydrogen-bond donors (Lipinski definition) is 2. The lowest BCUT2D eigenvalue weighted by Crippen LogP contribution is -2.68. The minimum absolute atomic E-state index is 0.107. The minimum Gasteiger partial charge on any atom is -0.368 e. The molecule has 2 aliphatic rings. The number of nitrogens with zero attached hydrogens (tertiary/aromatic N) is 1. The molecule has 0 radical (unpaired) electrons. The van der Waals surface area contributed by atoms with Crippen LogP contribution in [0.3, 0.4) is 0 Å². The molecule has 24 heavy (non-hydrogen) atoms. The van der Waals surface area contributed by atoms with Gasteiger partial charge in [-0.3, -0.25) is 14.4 Å². The van der Waals surface area contributed by atoms with Gasteiger partial charge in [0.05, 0.1) is 5.75 Å². The van der Waals surface area contributed by atoms with Crippen molar-refractivity contribution in [3.63, 3.8) is 0 Å². The van der Waals surface area contributed by atoms with E-state index in [0.29, 0.717) is 30.9 Å². The molecule has 0 aromatic carbocycles. The first-order valence-electron chi connectivity index (χ1n) is 9.00. The van der Waals surface area contributed by atoms with E-state index in [4.69, 9.17) is 5.73 Å². The Morgan fingerprint density at radius 3 is 2.54 bits per heavy atom. The van der Waals surface area contributed by atoms with Crippen LogP contribution in [-0.2, 0) is 14.4 Å². The van der Waals surface area contributed by atoms with E-state index in [0.717, 1.165) is 38.5 Å². The van der Waals surface area contributed by atoms with Crippen LogP contribution in [0.2, 0.25) is 0 Å². The Labute approximate surface area is 148 Å². The summed E-state index contributed by atoms with van der Waals surface area (Å²) in [5.74, 6) is 0.0335. The molecule has 1 heterocycles. The van der Waals surface area contributed by atoms with Crippen LogP contribution < -0.4 is 11.1 Å². The summed E-state index contributed by atoms with van der Waals surface area (Å²) in [6.07, 6.45) is 7.04. The normalized spacial score (nSPS) is 24.3. The Morgan fingerprint density at radius 1 is 1.29 bits per heavy atom. The molecule has 1 saturated heterocycles. The topological polar surface area (TPSA) is 92.5 Å². The highest BCUT2D eigenvalue weighted by Crippen LogP contribution is 2.37. The van der Waals surface area contributed by atoms with E-state index in [2.05, 4.69) is 12.2 Å². The van der Waals surface area contributed by atoms with Crippen molar-refractivity contribution in [3.8, 4) is 0 Å². The molecule has 136 valence electrons. The predicted octanol–water partition coefficient (Wildman–Crippen LogP) is 1.42. The van der Waals surface area contributed by atoms with E-state index in [1.807, 2.05) is 0 Å². The fourth-order valence-electron chi connectivity index (χ4n) is 3.76. The first kappa shape index (κ1) is 19.1. The van der Waals surface area contributed by atoms with E-state index in [1.165, 1.54) is 11.8 Å². The Hall–Kier alpha value is -1.24. The average Bonchev–Trinajstić information content (AvgIpc) is 2.81. The van der Waals surface area contributed by atoms with Crippen LogP contribution in [0.15, 0.2) is 0 Å². The molecule has 1 aliphatic heterocycles. The fraction of sp³-hybridized carbons (Fsp3) is 0.824. The van der Waals surface area contributed by atoms with Gasteiger partial charge in [-0.2, -0.15) is 0 Å². The summed E-state index contributed by atoms with van der Waals surface area (Å²) in [4.78, 5) is 39.3. The Kier molecular flexibility index (Phi) is 6.95. The molecule has 1 saturated carbocycles. The highest BCUT2D eigenvalue weighted by Gasteiger charge is 2.51. The van der Waals surface area contributed by atoms with Crippen molar-refractivity contribution < 1.29 is 14.4 Å². The Morgan fingerprint density at radius 2 is 1.96 bits per heavy atom. The number of amides is 3. The van der Waals surface area contributed by atoms with Gasteiger partial charge in [-0.05, 0) is 19.3 Å². The SMILES string of the molecule is CCCCNC(=O)C1(N2C(=O)CSCC2C(N)=O)CCCCCC1. The summed E-state index contributed by atoms with van der Waals surface area (Å²) in [6, 6.07) is -0.689. The number of nitrogens with one attached hydrogen (secondary N) is 1. The molecular weight excluding hydrogens is 326 g/mol. The van der Waals surface area contributed by atoms with Crippen molar-refractivity contribution in [2.24, 2.45) is 5.73 Å². The van der Waals surface area contributed by atoms with Crippen molar-refractivity contribution in [2.45, 2.75) is 69.9 Å². The molecule has 2 fully saturated rings. The van der Waals surface area contributed by atoms with E-state index in [-0.39, 0.29) is 11.8 Å². The lowest BCUT2D eigenvalue weighted by Gasteiger charge is -2.47. The largest absolute Gasteiger partial charge is 0.368 e. The number of thioether (sulfide) groups is 1. The molecule has 1 atom stereocenters. The number of carbonyl (C=O) groups excluding carboxylic acids is 3. The third-order valence-corrected chi connectivity index (χ3v) is 6.04. The smallest absolute Gasteiger partial charge is 0.246 e. The molecular formula is C17H29N3O3S. The average molecular weight is 356 g/mol. The number of primary amides is 1. The van der Waals surface area contributed by atoms with Crippen molar-refractivity contribution in [3.05, 3.63) is 0 Å². The number of nitrogens with two attached hydrogens (primary N) is 1. The van der Waals surface area contributed by atoms with Gasteiger partial charge in [0.25, 0.3) is 0 Å². The van der Waals surface area contributed by atoms with Crippen molar-refractivity contribution in [1.82, 2.24) is 10.2 Å². The first-order chi connectivity index (χ1) is 11.5. The molecule has 0 bridgehead atoms. The summed E-state index contributed by atoms with van der Waals surface area (Å²) >= 11 is 1.42. The zero-order valence-corrected chi connectivity index (χ0v) is 15.3. The summed E-state index contributed by atoms with van der Waals surface area (Å²) < 4.78 is 0. The first-order valence-corrected chi connectivity index (χ1v) is 10.2. The van der Waals surface area contributed by atoms with Crippen LogP contribution in [0.25, 0.3) is 0 Å². The molecule has 7 heteroatoms. The van der Waals surface area contributed by atoms with Crippen LogP contribution >= 0.6 is 11.8 Å². The minimum atomic E-state index is -0.915. The van der Waals surface area contributed by atoms with Crippen LogP contribution in [0, 0.1) is 0 Å². The molecule has 0 spiro atoms. The molecule has 1 aliphatic carbocycles. The zero-order chi connectivity index (χ0) is 17.6. The third kappa shape index (κ3) is 4.05. The maximum Gasteiger partial charge on any atom is 0.246 e. The van der Waals surface area contributed by atoms with Crippen LogP contribution in [0.1, 0.15) is 58.3 Å². The van der Waals surface area contributed by atoms with Gasteiger partial charge in [-0.25, -0.2) is 0 Å². The maximum atomic E-state index is 13.1. The van der Waals surface area contributed by atoms with Gasteiger partial charge < -0.3 is 16.0 Å². The highest BCUT2D eigenvalue weighted by atomic mass is 32.2. The second kappa shape index (κ2) is 8.74. The molecule has 0 aromatic heterocycles. The van der Waals surface area contributed by atoms with E-state index in [9.17, 15) is 14.4 Å². The lowest BCUT2D eigenvalue weighted by molar-refractivity contribution is -0.154. The number of hydrogen-bond acceptors (Lipinski definition) is 4. The maximum absolute atomic E-state index is 13.1. The quantitative estimate of drug-likeness (QED) is 0.557. The van der Waals surface area contributed by atoms with E-state index < -0.39 is 17.5 Å². The number of unbranched alkanes of at least 4 members (excludes halogenated alkanes) is 1. The van der Waals surface area contributed by atoms with Gasteiger partial charge in [0.1, 0.15) is 11.6 Å². The molecule has 3 N–H and O–H groups in total. The molecule has 3 amide bonds. The van der Waals surface area contributed by atoms with E-state index >= 15 is 0 Å². The van der Waals surface area contributed by atoms with Crippen LogP contribution in [-0.4, -0.2) is 52.3 Å². The van der Waals surface area contributed by atoms with Gasteiger partial charge in [-0.1, -0.05) is 39.0 Å². The summed E-state index contributed by atoms with van der Waals surface area (Å²) in [5, 5.41) is 3.01. The lowest BCUT2D eigenvalue weighted by atomic mass is 9.85. The number of carbonyl (C=O) groups is 3. The van der Waals surface area contributed by atoms with Crippen molar-refractivity contribution >= 4 is 29.5 Å². The molecule has 0 aromatic rings. The van der Waals surface area contributed by atoms with Gasteiger partial charge in [-0.15, -0.1) is 11.8 Å². The van der Waals surface area contributed by atoms with E-state index in [1.54, 1.807) is 4.90 Å². The Bertz CT molecular complexity index is 476. The van der Waals surface area contributed by atoms with Crippen molar-refractivity contribution in [2.75, 3.05) is 18.1 Å². The van der Waals surface area contributed by atoms with Crippen LogP contribution in [0.5, 0.6) is 0 Å². The molecule has 2 rings (SSSR count). The zero-order valence-electron chi connectivity index (χ0n) is 14.5. The molecule has 1 unspecified atom stereocenters. The highest BCUT2D eigenvalue weighted by molar-refractivity contribution is 8.00.